The number of nitrogens with one attached hydrogen (secondary N) is 2. The number of aryl methyl sites for hydroxylation is 1. The fraction of sp³-hybridized carbons (Fsp3) is 0.556. The van der Waals surface area contributed by atoms with Gasteiger partial charge in [0.15, 0.2) is 0 Å². The van der Waals surface area contributed by atoms with Gasteiger partial charge in [0, 0.05) is 30.8 Å². The third-order valence-electron chi connectivity index (χ3n) is 2.53. The molecular weight excluding hydrogens is 166 g/mol. The van der Waals surface area contributed by atoms with E-state index in [0.717, 1.165) is 24.3 Å². The topological polar surface area (TPSA) is 57.8 Å². The molecule has 1 aliphatic rings. The maximum Gasteiger partial charge on any atom is 0.143 e. The van der Waals surface area contributed by atoms with Crippen LogP contribution in [0.4, 0.5) is 0 Å². The van der Waals surface area contributed by atoms with E-state index in [-0.39, 0.29) is 5.92 Å². The Bertz CT molecular complexity index is 318. The van der Waals surface area contributed by atoms with E-state index >= 15 is 0 Å². The van der Waals surface area contributed by atoms with Gasteiger partial charge in [-0.2, -0.15) is 5.10 Å². The second kappa shape index (κ2) is 3.30. The molecule has 0 radical (unpaired) electrons. The van der Waals surface area contributed by atoms with E-state index < -0.39 is 0 Å². The summed E-state index contributed by atoms with van der Waals surface area (Å²) in [6.45, 7) is 3.51. The van der Waals surface area contributed by atoms with Gasteiger partial charge in [0.2, 0.25) is 0 Å². The number of hydrogen-bond acceptors (Lipinski definition) is 3. The van der Waals surface area contributed by atoms with Crippen LogP contribution in [0.15, 0.2) is 6.20 Å². The number of rotatable bonds is 1. The first-order valence-corrected chi connectivity index (χ1v) is 4.52. The van der Waals surface area contributed by atoms with Crippen LogP contribution in [0.3, 0.4) is 0 Å². The predicted octanol–water partition coefficient (Wildman–Crippen LogP) is 0.364. The van der Waals surface area contributed by atoms with Gasteiger partial charge in [-0.05, 0) is 6.92 Å². The maximum absolute atomic E-state index is 11.6. The van der Waals surface area contributed by atoms with Crippen molar-refractivity contribution in [3.8, 4) is 0 Å². The molecule has 1 unspecified atom stereocenters. The van der Waals surface area contributed by atoms with Crippen LogP contribution in [0.2, 0.25) is 0 Å². The van der Waals surface area contributed by atoms with Crippen LogP contribution in [0.1, 0.15) is 23.6 Å². The SMILES string of the molecule is Cc1[nH]ncc1C1CNCCC1=O. The number of carbonyl (C=O) groups excluding carboxylic acids is 1. The van der Waals surface area contributed by atoms with Crippen molar-refractivity contribution < 1.29 is 4.79 Å². The Morgan fingerprint density at radius 1 is 1.62 bits per heavy atom. The molecule has 1 aromatic heterocycles. The lowest BCUT2D eigenvalue weighted by Crippen LogP contribution is -2.35. The van der Waals surface area contributed by atoms with Gasteiger partial charge in [0.1, 0.15) is 5.78 Å². The van der Waals surface area contributed by atoms with Crippen LogP contribution in [-0.2, 0) is 4.79 Å². The molecule has 2 heterocycles. The highest BCUT2D eigenvalue weighted by molar-refractivity contribution is 5.87. The zero-order valence-corrected chi connectivity index (χ0v) is 7.63. The molecule has 1 saturated heterocycles. The Labute approximate surface area is 76.7 Å². The number of carbonyl (C=O) groups is 1. The molecule has 0 spiro atoms. The second-order valence-electron chi connectivity index (χ2n) is 3.42. The number of Topliss-reactive ketones (excluding diaryl/α,β-unsaturated/α-hetero) is 1. The monoisotopic (exact) mass is 179 g/mol. The number of aromatic amines is 1. The van der Waals surface area contributed by atoms with Crippen molar-refractivity contribution in [3.05, 3.63) is 17.5 Å². The van der Waals surface area contributed by atoms with Crippen LogP contribution in [-0.4, -0.2) is 29.1 Å². The first kappa shape index (κ1) is 8.44. The zero-order valence-electron chi connectivity index (χ0n) is 7.63. The largest absolute Gasteiger partial charge is 0.315 e. The summed E-state index contributed by atoms with van der Waals surface area (Å²) in [5, 5.41) is 10.0. The van der Waals surface area contributed by atoms with Crippen molar-refractivity contribution >= 4 is 5.78 Å². The molecule has 1 fully saturated rings. The molecular formula is C9H13N3O. The number of piperidine rings is 1. The number of H-pyrrole nitrogens is 1. The second-order valence-corrected chi connectivity index (χ2v) is 3.42. The highest BCUT2D eigenvalue weighted by Crippen LogP contribution is 2.21. The van der Waals surface area contributed by atoms with Crippen LogP contribution in [0.5, 0.6) is 0 Å². The molecule has 2 rings (SSSR count). The molecule has 70 valence electrons. The first-order valence-electron chi connectivity index (χ1n) is 4.52. The minimum Gasteiger partial charge on any atom is -0.315 e. The molecule has 1 atom stereocenters. The average Bonchev–Trinajstić information content (AvgIpc) is 2.52. The van der Waals surface area contributed by atoms with E-state index in [0.29, 0.717) is 12.2 Å². The van der Waals surface area contributed by atoms with Gasteiger partial charge in [-0.15, -0.1) is 0 Å². The fourth-order valence-corrected chi connectivity index (χ4v) is 1.74. The van der Waals surface area contributed by atoms with E-state index in [1.165, 1.54) is 0 Å². The Balaban J connectivity index is 2.24. The number of nitrogens with zero attached hydrogens (tertiary/aromatic N) is 1. The molecule has 0 aromatic carbocycles. The van der Waals surface area contributed by atoms with E-state index in [4.69, 9.17) is 0 Å². The molecule has 1 aliphatic heterocycles. The van der Waals surface area contributed by atoms with Gasteiger partial charge >= 0.3 is 0 Å². The summed E-state index contributed by atoms with van der Waals surface area (Å²) in [7, 11) is 0. The van der Waals surface area contributed by atoms with Crippen LogP contribution in [0, 0.1) is 6.92 Å². The lowest BCUT2D eigenvalue weighted by atomic mass is 9.91. The van der Waals surface area contributed by atoms with Gasteiger partial charge in [-0.1, -0.05) is 0 Å². The van der Waals surface area contributed by atoms with Crippen LogP contribution in [0.25, 0.3) is 0 Å². The number of ketones is 1. The van der Waals surface area contributed by atoms with Crippen molar-refractivity contribution in [2.45, 2.75) is 19.3 Å². The number of hydrogen-bond donors (Lipinski definition) is 2. The normalized spacial score (nSPS) is 23.5. The standard InChI is InChI=1S/C9H13N3O/c1-6-7(5-11-12-6)8-4-10-3-2-9(8)13/h5,8,10H,2-4H2,1H3,(H,11,12). The highest BCUT2D eigenvalue weighted by Gasteiger charge is 2.25. The lowest BCUT2D eigenvalue weighted by Gasteiger charge is -2.20. The van der Waals surface area contributed by atoms with Crippen molar-refractivity contribution in [1.29, 1.82) is 0 Å². The van der Waals surface area contributed by atoms with Crippen LogP contribution >= 0.6 is 0 Å². The summed E-state index contributed by atoms with van der Waals surface area (Å²) < 4.78 is 0. The molecule has 0 bridgehead atoms. The van der Waals surface area contributed by atoms with Crippen molar-refractivity contribution in [1.82, 2.24) is 15.5 Å². The first-order chi connectivity index (χ1) is 6.29. The van der Waals surface area contributed by atoms with Gasteiger partial charge < -0.3 is 5.32 Å². The van der Waals surface area contributed by atoms with E-state index in [1.807, 2.05) is 6.92 Å². The van der Waals surface area contributed by atoms with Gasteiger partial charge in [-0.3, -0.25) is 9.89 Å². The van der Waals surface area contributed by atoms with Crippen LogP contribution < -0.4 is 5.32 Å². The van der Waals surface area contributed by atoms with Crippen molar-refractivity contribution in [3.63, 3.8) is 0 Å². The molecule has 0 aliphatic carbocycles. The molecule has 13 heavy (non-hydrogen) atoms. The average molecular weight is 179 g/mol. The van der Waals surface area contributed by atoms with Crippen molar-refractivity contribution in [2.24, 2.45) is 0 Å². The third-order valence-corrected chi connectivity index (χ3v) is 2.53. The maximum atomic E-state index is 11.6. The zero-order chi connectivity index (χ0) is 9.26. The summed E-state index contributed by atoms with van der Waals surface area (Å²) >= 11 is 0. The predicted molar refractivity (Wildman–Crippen MR) is 48.6 cm³/mol. The Kier molecular flexibility index (Phi) is 2.14. The van der Waals surface area contributed by atoms with Gasteiger partial charge in [-0.25, -0.2) is 0 Å². The Morgan fingerprint density at radius 2 is 2.46 bits per heavy atom. The van der Waals surface area contributed by atoms with Crippen molar-refractivity contribution in [2.75, 3.05) is 13.1 Å². The smallest absolute Gasteiger partial charge is 0.143 e. The van der Waals surface area contributed by atoms with Gasteiger partial charge in [0.25, 0.3) is 0 Å². The minimum atomic E-state index is 0.00694. The molecule has 2 N–H and O–H groups in total. The van der Waals surface area contributed by atoms with E-state index in [1.54, 1.807) is 6.20 Å². The Hall–Kier alpha value is -1.16. The van der Waals surface area contributed by atoms with E-state index in [9.17, 15) is 4.79 Å². The Morgan fingerprint density at radius 3 is 3.08 bits per heavy atom. The number of aromatic nitrogens is 2. The molecule has 0 amide bonds. The summed E-state index contributed by atoms with van der Waals surface area (Å²) in [6.07, 6.45) is 2.39. The summed E-state index contributed by atoms with van der Waals surface area (Å²) in [5.74, 6) is 0.329. The molecule has 1 aromatic rings. The third kappa shape index (κ3) is 1.49. The van der Waals surface area contributed by atoms with E-state index in [2.05, 4.69) is 15.5 Å². The quantitative estimate of drug-likeness (QED) is 0.654. The summed E-state index contributed by atoms with van der Waals surface area (Å²) in [5.41, 5.74) is 2.04. The highest BCUT2D eigenvalue weighted by atomic mass is 16.1. The molecule has 0 saturated carbocycles. The lowest BCUT2D eigenvalue weighted by molar-refractivity contribution is -0.121. The molecule has 4 nitrogen and oxygen atoms in total. The fourth-order valence-electron chi connectivity index (χ4n) is 1.74. The van der Waals surface area contributed by atoms with Gasteiger partial charge in [0.05, 0.1) is 12.1 Å². The minimum absolute atomic E-state index is 0.00694. The summed E-state index contributed by atoms with van der Waals surface area (Å²) in [4.78, 5) is 11.6. The molecule has 4 heteroatoms. The summed E-state index contributed by atoms with van der Waals surface area (Å²) in [6, 6.07) is 0.